The number of aromatic nitrogens is 4. The van der Waals surface area contributed by atoms with E-state index in [1.807, 2.05) is 36.5 Å². The van der Waals surface area contributed by atoms with E-state index >= 15 is 0 Å². The number of carboxylic acids is 1. The van der Waals surface area contributed by atoms with Crippen LogP contribution in [0, 0.1) is 0 Å². The molecule has 2 atom stereocenters. The smallest absolute Gasteiger partial charge is 0.320 e. The Morgan fingerprint density at radius 3 is 2.87 bits per heavy atom. The van der Waals surface area contributed by atoms with Crippen molar-refractivity contribution in [3.63, 3.8) is 0 Å². The first-order valence-corrected chi connectivity index (χ1v) is 10.2. The highest BCUT2D eigenvalue weighted by Gasteiger charge is 2.18. The maximum absolute atomic E-state index is 11.1. The number of benzene rings is 1. The fourth-order valence-corrected chi connectivity index (χ4v) is 3.69. The van der Waals surface area contributed by atoms with Crippen molar-refractivity contribution in [1.29, 1.82) is 0 Å². The van der Waals surface area contributed by atoms with Gasteiger partial charge in [-0.05, 0) is 43.2 Å². The van der Waals surface area contributed by atoms with Gasteiger partial charge >= 0.3 is 5.97 Å². The van der Waals surface area contributed by atoms with Crippen LogP contribution in [-0.2, 0) is 4.79 Å². The van der Waals surface area contributed by atoms with Crippen LogP contribution in [0.1, 0.15) is 31.9 Å². The number of carbonyl (C=O) groups is 1. The number of pyridine rings is 1. The summed E-state index contributed by atoms with van der Waals surface area (Å²) in [5.41, 5.74) is 4.36. The second-order valence-electron chi connectivity index (χ2n) is 7.27. The second-order valence-corrected chi connectivity index (χ2v) is 7.71. The van der Waals surface area contributed by atoms with E-state index in [0.29, 0.717) is 11.6 Å². The van der Waals surface area contributed by atoms with E-state index < -0.39 is 12.0 Å². The normalized spacial score (nSPS) is 13.6. The van der Waals surface area contributed by atoms with E-state index in [9.17, 15) is 4.79 Å². The molecule has 0 aliphatic rings. The lowest BCUT2D eigenvalue weighted by Gasteiger charge is -2.17. The summed E-state index contributed by atoms with van der Waals surface area (Å²) in [5.74, 6) is -0.774. The fourth-order valence-electron chi connectivity index (χ4n) is 3.52. The molecule has 7 nitrogen and oxygen atoms in total. The van der Waals surface area contributed by atoms with Gasteiger partial charge in [0.1, 0.15) is 6.04 Å². The Kier molecular flexibility index (Phi) is 5.65. The number of hydrogen-bond acceptors (Lipinski definition) is 5. The van der Waals surface area contributed by atoms with Crippen LogP contribution < -0.4 is 5.32 Å². The van der Waals surface area contributed by atoms with Gasteiger partial charge in [-0.25, -0.2) is 9.50 Å². The molecule has 3 aromatic heterocycles. The SMILES string of the molecule is CCC(CNC(C)C(=O)O)c1ccn2ncc(-c3ccnc4cc(Cl)ccc34)c2n1. The molecule has 1 aromatic carbocycles. The number of halogens is 1. The molecule has 2 N–H and O–H groups in total. The molecule has 0 radical (unpaired) electrons. The molecule has 154 valence electrons. The zero-order valence-electron chi connectivity index (χ0n) is 16.7. The van der Waals surface area contributed by atoms with Crippen LogP contribution in [0.4, 0.5) is 0 Å². The van der Waals surface area contributed by atoms with Crippen LogP contribution in [0.3, 0.4) is 0 Å². The molecule has 0 bridgehead atoms. The minimum atomic E-state index is -0.865. The lowest BCUT2D eigenvalue weighted by molar-refractivity contribution is -0.139. The average Bonchev–Trinajstić information content (AvgIpc) is 3.16. The Morgan fingerprint density at radius 2 is 2.10 bits per heavy atom. The van der Waals surface area contributed by atoms with Gasteiger partial charge in [-0.1, -0.05) is 24.6 Å². The maximum atomic E-state index is 11.1. The van der Waals surface area contributed by atoms with Gasteiger partial charge in [0.25, 0.3) is 0 Å². The van der Waals surface area contributed by atoms with Crippen molar-refractivity contribution in [3.8, 4) is 11.1 Å². The third-order valence-electron chi connectivity index (χ3n) is 5.34. The molecule has 0 amide bonds. The molecule has 8 heteroatoms. The van der Waals surface area contributed by atoms with E-state index in [1.165, 1.54) is 0 Å². The van der Waals surface area contributed by atoms with Crippen molar-refractivity contribution in [1.82, 2.24) is 24.9 Å². The van der Waals surface area contributed by atoms with Crippen molar-refractivity contribution >= 4 is 34.1 Å². The summed E-state index contributed by atoms with van der Waals surface area (Å²) in [5, 5.41) is 18.3. The summed E-state index contributed by atoms with van der Waals surface area (Å²) in [6, 6.07) is 8.93. The van der Waals surface area contributed by atoms with Gasteiger partial charge in [0.2, 0.25) is 0 Å². The highest BCUT2D eigenvalue weighted by Crippen LogP contribution is 2.31. The first kappa shape index (κ1) is 20.3. The minimum absolute atomic E-state index is 0.0903. The third kappa shape index (κ3) is 3.86. The molecule has 0 fully saturated rings. The van der Waals surface area contributed by atoms with Gasteiger partial charge in [-0.2, -0.15) is 5.10 Å². The molecule has 0 aliphatic heterocycles. The molecular weight excluding hydrogens is 402 g/mol. The summed E-state index contributed by atoms with van der Waals surface area (Å²) in [6.07, 6.45) is 6.29. The topological polar surface area (TPSA) is 92.4 Å². The maximum Gasteiger partial charge on any atom is 0.320 e. The highest BCUT2D eigenvalue weighted by molar-refractivity contribution is 6.31. The predicted molar refractivity (Wildman–Crippen MR) is 117 cm³/mol. The fraction of sp³-hybridized carbons (Fsp3) is 0.273. The minimum Gasteiger partial charge on any atom is -0.480 e. The van der Waals surface area contributed by atoms with Crippen molar-refractivity contribution in [2.24, 2.45) is 0 Å². The molecular formula is C22H22ClN5O2. The lowest BCUT2D eigenvalue weighted by Crippen LogP contribution is -2.36. The van der Waals surface area contributed by atoms with Crippen LogP contribution in [0.15, 0.2) is 48.9 Å². The van der Waals surface area contributed by atoms with Gasteiger partial charge < -0.3 is 10.4 Å². The van der Waals surface area contributed by atoms with Gasteiger partial charge in [-0.15, -0.1) is 0 Å². The summed E-state index contributed by atoms with van der Waals surface area (Å²) in [4.78, 5) is 20.4. The van der Waals surface area contributed by atoms with Crippen molar-refractivity contribution in [2.45, 2.75) is 32.2 Å². The number of aliphatic carboxylic acids is 1. The summed E-state index contributed by atoms with van der Waals surface area (Å²) in [6.45, 7) is 4.25. The van der Waals surface area contributed by atoms with Gasteiger partial charge in [-0.3, -0.25) is 9.78 Å². The van der Waals surface area contributed by atoms with Crippen molar-refractivity contribution in [2.75, 3.05) is 6.54 Å². The molecule has 0 spiro atoms. The van der Waals surface area contributed by atoms with Crippen LogP contribution >= 0.6 is 11.6 Å². The summed E-state index contributed by atoms with van der Waals surface area (Å²) in [7, 11) is 0. The number of fused-ring (bicyclic) bond motifs is 2. The number of hydrogen-bond donors (Lipinski definition) is 2. The third-order valence-corrected chi connectivity index (χ3v) is 5.57. The van der Waals surface area contributed by atoms with Gasteiger partial charge in [0, 0.05) is 46.5 Å². The molecule has 4 aromatic rings. The monoisotopic (exact) mass is 423 g/mol. The lowest BCUT2D eigenvalue weighted by atomic mass is 10.0. The van der Waals surface area contributed by atoms with Crippen LogP contribution in [-0.4, -0.2) is 43.2 Å². The first-order valence-electron chi connectivity index (χ1n) is 9.83. The number of nitrogens with zero attached hydrogens (tertiary/aromatic N) is 4. The Morgan fingerprint density at radius 1 is 1.27 bits per heavy atom. The highest BCUT2D eigenvalue weighted by atomic mass is 35.5. The van der Waals surface area contributed by atoms with Crippen molar-refractivity contribution < 1.29 is 9.90 Å². The van der Waals surface area contributed by atoms with Gasteiger partial charge in [0.15, 0.2) is 5.65 Å². The largest absolute Gasteiger partial charge is 0.480 e. The van der Waals surface area contributed by atoms with Crippen LogP contribution in [0.2, 0.25) is 5.02 Å². The van der Waals surface area contributed by atoms with E-state index in [-0.39, 0.29) is 5.92 Å². The van der Waals surface area contributed by atoms with Gasteiger partial charge in [0.05, 0.1) is 11.7 Å². The molecule has 0 saturated heterocycles. The van der Waals surface area contributed by atoms with E-state index in [2.05, 4.69) is 22.3 Å². The van der Waals surface area contributed by atoms with E-state index in [1.54, 1.807) is 23.8 Å². The van der Waals surface area contributed by atoms with Crippen LogP contribution in [0.25, 0.3) is 27.7 Å². The Bertz CT molecular complexity index is 1220. The number of carboxylic acid groups (broad SMARTS) is 1. The Hall–Kier alpha value is -3.03. The molecule has 2 unspecified atom stereocenters. The zero-order chi connectivity index (χ0) is 21.3. The summed E-state index contributed by atoms with van der Waals surface area (Å²) < 4.78 is 1.75. The molecule has 30 heavy (non-hydrogen) atoms. The summed E-state index contributed by atoms with van der Waals surface area (Å²) >= 11 is 6.12. The molecule has 0 aliphatic carbocycles. The Balaban J connectivity index is 1.74. The number of rotatable bonds is 7. The number of nitrogens with one attached hydrogen (secondary N) is 1. The second kappa shape index (κ2) is 8.38. The molecule has 4 rings (SSSR count). The average molecular weight is 424 g/mol. The quantitative estimate of drug-likeness (QED) is 0.463. The van der Waals surface area contributed by atoms with E-state index in [4.69, 9.17) is 21.7 Å². The predicted octanol–water partition coefficient (Wildman–Crippen LogP) is 4.15. The Labute approximate surface area is 178 Å². The zero-order valence-corrected chi connectivity index (χ0v) is 17.5. The molecule has 0 saturated carbocycles. The molecule has 3 heterocycles. The van der Waals surface area contributed by atoms with Crippen molar-refractivity contribution in [3.05, 3.63) is 59.6 Å². The van der Waals surface area contributed by atoms with Crippen LogP contribution in [0.5, 0.6) is 0 Å². The first-order chi connectivity index (χ1) is 14.5. The van der Waals surface area contributed by atoms with E-state index in [0.717, 1.165) is 39.8 Å². The standard InChI is InChI=1S/C22H22ClN5O2/c1-3-14(11-25-13(2)22(29)30)19-7-9-28-21(27-19)18(12-26-28)16-6-8-24-20-10-15(23)4-5-17(16)20/h4-10,12-14,25H,3,11H2,1-2H3,(H,29,30).